The molecule has 0 unspecified atom stereocenters. The Morgan fingerprint density at radius 1 is 0.741 bits per heavy atom. The first-order valence-electron chi connectivity index (χ1n) is 9.22. The van der Waals surface area contributed by atoms with Crippen LogP contribution in [0.5, 0.6) is 0 Å². The molecule has 0 N–H and O–H groups in total. The van der Waals surface area contributed by atoms with Crippen LogP contribution in [0.3, 0.4) is 0 Å². The molecule has 0 aliphatic rings. The molecule has 0 fully saturated rings. The molecule has 0 amide bonds. The number of aryl methyl sites for hydroxylation is 3. The fourth-order valence-electron chi connectivity index (χ4n) is 3.63. The standard InChI is InChI=1S/C25H23N2/c1-18-10-9-13-21(20-11-5-4-6-12-20)25(18)23-16-19(2)22(17-26-23)24-14-7-8-15-27(24)3/h4-17H,1-3H3/q+1. The summed E-state index contributed by atoms with van der Waals surface area (Å²) in [5.74, 6) is 0. The zero-order valence-corrected chi connectivity index (χ0v) is 16.0. The van der Waals surface area contributed by atoms with Crippen LogP contribution in [0.15, 0.2) is 85.2 Å². The Bertz CT molecular complexity index is 1100. The summed E-state index contributed by atoms with van der Waals surface area (Å²) in [4.78, 5) is 4.86. The SMILES string of the molecule is Cc1cc(-c2c(C)cccc2-c2ccccc2)ncc1-c1cccc[n+]1C. The summed E-state index contributed by atoms with van der Waals surface area (Å²) in [6, 6.07) is 25.4. The van der Waals surface area contributed by atoms with E-state index < -0.39 is 0 Å². The van der Waals surface area contributed by atoms with Crippen LogP contribution in [0.1, 0.15) is 11.1 Å². The third-order valence-electron chi connectivity index (χ3n) is 5.06. The van der Waals surface area contributed by atoms with E-state index in [1.807, 2.05) is 12.3 Å². The molecule has 2 heterocycles. The van der Waals surface area contributed by atoms with Gasteiger partial charge in [0.2, 0.25) is 5.69 Å². The van der Waals surface area contributed by atoms with E-state index in [4.69, 9.17) is 4.98 Å². The number of aromatic nitrogens is 2. The van der Waals surface area contributed by atoms with Gasteiger partial charge in [-0.25, -0.2) is 4.57 Å². The maximum atomic E-state index is 4.86. The molecule has 4 aromatic rings. The van der Waals surface area contributed by atoms with Crippen LogP contribution in [-0.4, -0.2) is 4.98 Å². The van der Waals surface area contributed by atoms with Crippen LogP contribution in [-0.2, 0) is 7.05 Å². The average molecular weight is 351 g/mol. The monoisotopic (exact) mass is 351 g/mol. The van der Waals surface area contributed by atoms with Crippen molar-refractivity contribution in [2.24, 2.45) is 7.05 Å². The molecule has 0 radical (unpaired) electrons. The van der Waals surface area contributed by atoms with Gasteiger partial charge >= 0.3 is 0 Å². The third-order valence-corrected chi connectivity index (χ3v) is 5.06. The van der Waals surface area contributed by atoms with Gasteiger partial charge in [0.25, 0.3) is 0 Å². The van der Waals surface area contributed by atoms with Crippen LogP contribution in [0.25, 0.3) is 33.6 Å². The summed E-state index contributed by atoms with van der Waals surface area (Å²) in [6.45, 7) is 4.32. The highest BCUT2D eigenvalue weighted by molar-refractivity contribution is 5.84. The second kappa shape index (κ2) is 7.16. The predicted octanol–water partition coefficient (Wildman–Crippen LogP) is 5.52. The van der Waals surface area contributed by atoms with Crippen molar-refractivity contribution in [2.45, 2.75) is 13.8 Å². The lowest BCUT2D eigenvalue weighted by Gasteiger charge is -2.14. The van der Waals surface area contributed by atoms with Crippen molar-refractivity contribution < 1.29 is 4.57 Å². The van der Waals surface area contributed by atoms with Crippen molar-refractivity contribution in [3.63, 3.8) is 0 Å². The number of rotatable bonds is 3. The van der Waals surface area contributed by atoms with Crippen molar-refractivity contribution in [1.82, 2.24) is 4.98 Å². The summed E-state index contributed by atoms with van der Waals surface area (Å²) >= 11 is 0. The van der Waals surface area contributed by atoms with Gasteiger partial charge in [-0.05, 0) is 48.2 Å². The van der Waals surface area contributed by atoms with Gasteiger partial charge in [0.05, 0.1) is 11.3 Å². The maximum absolute atomic E-state index is 4.86. The highest BCUT2D eigenvalue weighted by atomic mass is 14.9. The van der Waals surface area contributed by atoms with Gasteiger partial charge in [-0.1, -0.05) is 48.5 Å². The molecule has 0 spiro atoms. The van der Waals surface area contributed by atoms with E-state index in [0.717, 1.165) is 11.3 Å². The van der Waals surface area contributed by atoms with Crippen molar-refractivity contribution >= 4 is 0 Å². The first-order chi connectivity index (χ1) is 13.1. The van der Waals surface area contributed by atoms with Gasteiger partial charge in [0, 0.05) is 23.9 Å². The lowest BCUT2D eigenvalue weighted by molar-refractivity contribution is -0.660. The number of hydrogen-bond acceptors (Lipinski definition) is 1. The van der Waals surface area contributed by atoms with Gasteiger partial charge < -0.3 is 0 Å². The Balaban J connectivity index is 1.87. The van der Waals surface area contributed by atoms with E-state index in [1.54, 1.807) is 0 Å². The minimum atomic E-state index is 1.02. The molecule has 0 aliphatic heterocycles. The summed E-state index contributed by atoms with van der Waals surface area (Å²) in [6.07, 6.45) is 4.07. The van der Waals surface area contributed by atoms with Crippen LogP contribution in [0.2, 0.25) is 0 Å². The van der Waals surface area contributed by atoms with E-state index in [0.29, 0.717) is 0 Å². The van der Waals surface area contributed by atoms with E-state index in [-0.39, 0.29) is 0 Å². The third kappa shape index (κ3) is 3.26. The maximum Gasteiger partial charge on any atom is 0.214 e. The highest BCUT2D eigenvalue weighted by Gasteiger charge is 2.16. The van der Waals surface area contributed by atoms with Gasteiger partial charge in [-0.3, -0.25) is 4.98 Å². The Labute approximate surface area is 160 Å². The van der Waals surface area contributed by atoms with E-state index in [9.17, 15) is 0 Å². The predicted molar refractivity (Wildman–Crippen MR) is 111 cm³/mol. The van der Waals surface area contributed by atoms with Crippen LogP contribution in [0, 0.1) is 13.8 Å². The van der Waals surface area contributed by atoms with Gasteiger partial charge in [0.1, 0.15) is 7.05 Å². The molecular formula is C25H23N2+. The van der Waals surface area contributed by atoms with E-state index in [2.05, 4.69) is 98.4 Å². The van der Waals surface area contributed by atoms with Crippen molar-refractivity contribution in [2.75, 3.05) is 0 Å². The highest BCUT2D eigenvalue weighted by Crippen LogP contribution is 2.35. The fraction of sp³-hybridized carbons (Fsp3) is 0.120. The quantitative estimate of drug-likeness (QED) is 0.444. The molecule has 0 aliphatic carbocycles. The van der Waals surface area contributed by atoms with Crippen LogP contribution < -0.4 is 4.57 Å². The molecule has 27 heavy (non-hydrogen) atoms. The lowest BCUT2D eigenvalue weighted by atomic mass is 9.92. The molecule has 2 heteroatoms. The number of benzene rings is 2. The number of pyridine rings is 2. The topological polar surface area (TPSA) is 16.8 Å². The fourth-order valence-corrected chi connectivity index (χ4v) is 3.63. The van der Waals surface area contributed by atoms with Crippen LogP contribution >= 0.6 is 0 Å². The zero-order chi connectivity index (χ0) is 18.8. The normalized spacial score (nSPS) is 10.8. The minimum absolute atomic E-state index is 1.02. The van der Waals surface area contributed by atoms with E-state index >= 15 is 0 Å². The first kappa shape index (κ1) is 17.2. The molecule has 0 atom stereocenters. The zero-order valence-electron chi connectivity index (χ0n) is 16.0. The average Bonchev–Trinajstić information content (AvgIpc) is 2.69. The van der Waals surface area contributed by atoms with Crippen molar-refractivity contribution in [1.29, 1.82) is 0 Å². The first-order valence-corrected chi connectivity index (χ1v) is 9.22. The summed E-state index contributed by atoms with van der Waals surface area (Å²) < 4.78 is 2.13. The molecule has 0 bridgehead atoms. The van der Waals surface area contributed by atoms with Crippen molar-refractivity contribution in [3.8, 4) is 33.6 Å². The lowest BCUT2D eigenvalue weighted by Crippen LogP contribution is -2.30. The Morgan fingerprint density at radius 2 is 1.52 bits per heavy atom. The molecule has 2 aromatic carbocycles. The summed E-state index contributed by atoms with van der Waals surface area (Å²) in [7, 11) is 2.07. The number of nitrogens with zero attached hydrogens (tertiary/aromatic N) is 2. The molecule has 0 saturated carbocycles. The summed E-state index contributed by atoms with van der Waals surface area (Å²) in [5.41, 5.74) is 9.46. The molecule has 0 saturated heterocycles. The van der Waals surface area contributed by atoms with Gasteiger partial charge in [-0.15, -0.1) is 0 Å². The molecule has 4 rings (SSSR count). The molecule has 2 nitrogen and oxygen atoms in total. The molecule has 2 aromatic heterocycles. The number of hydrogen-bond donors (Lipinski definition) is 0. The van der Waals surface area contributed by atoms with E-state index in [1.165, 1.54) is 33.5 Å². The Kier molecular flexibility index (Phi) is 4.55. The smallest absolute Gasteiger partial charge is 0.214 e. The second-order valence-corrected chi connectivity index (χ2v) is 6.94. The Hall–Kier alpha value is -3.26. The molecular weight excluding hydrogens is 328 g/mol. The molecule has 132 valence electrons. The van der Waals surface area contributed by atoms with Gasteiger partial charge in [0.15, 0.2) is 6.20 Å². The largest absolute Gasteiger partial charge is 0.255 e. The van der Waals surface area contributed by atoms with Crippen LogP contribution in [0.4, 0.5) is 0 Å². The van der Waals surface area contributed by atoms with Crippen molar-refractivity contribution in [3.05, 3.63) is 96.3 Å². The Morgan fingerprint density at radius 3 is 2.26 bits per heavy atom. The minimum Gasteiger partial charge on any atom is -0.255 e. The second-order valence-electron chi connectivity index (χ2n) is 6.94. The van der Waals surface area contributed by atoms with Gasteiger partial charge in [-0.2, -0.15) is 0 Å². The summed E-state index contributed by atoms with van der Waals surface area (Å²) in [5, 5.41) is 0.